The van der Waals surface area contributed by atoms with Crippen molar-refractivity contribution in [3.8, 4) is 5.75 Å². The van der Waals surface area contributed by atoms with Crippen molar-refractivity contribution in [3.05, 3.63) is 29.3 Å². The summed E-state index contributed by atoms with van der Waals surface area (Å²) in [5, 5.41) is 0. The number of rotatable bonds is 5. The second-order valence-corrected chi connectivity index (χ2v) is 3.71. The molecule has 0 fully saturated rings. The largest absolute Gasteiger partial charge is 0.482 e. The van der Waals surface area contributed by atoms with E-state index in [1.54, 1.807) is 0 Å². The van der Waals surface area contributed by atoms with Crippen molar-refractivity contribution in [2.45, 2.75) is 27.2 Å². The second-order valence-electron chi connectivity index (χ2n) is 3.71. The highest BCUT2D eigenvalue weighted by atomic mass is 16.6. The average Bonchev–Trinajstić information content (AvgIpc) is 2.28. The SMILES string of the molecule is CCCOC(=O)COc1cccc(C)c1C. The minimum atomic E-state index is -0.317. The number of carbonyl (C=O) groups excluding carboxylic acids is 1. The lowest BCUT2D eigenvalue weighted by atomic mass is 10.1. The van der Waals surface area contributed by atoms with Crippen LogP contribution in [0.5, 0.6) is 5.75 Å². The van der Waals surface area contributed by atoms with Gasteiger partial charge in [0.2, 0.25) is 0 Å². The third-order valence-corrected chi connectivity index (χ3v) is 2.37. The molecule has 1 rings (SSSR count). The van der Waals surface area contributed by atoms with Crippen LogP contribution in [0.4, 0.5) is 0 Å². The molecular weight excluding hydrogens is 204 g/mol. The molecule has 0 heterocycles. The summed E-state index contributed by atoms with van der Waals surface area (Å²) in [5.41, 5.74) is 2.21. The van der Waals surface area contributed by atoms with Gasteiger partial charge >= 0.3 is 5.97 Å². The van der Waals surface area contributed by atoms with Crippen molar-refractivity contribution in [3.63, 3.8) is 0 Å². The first-order chi connectivity index (χ1) is 7.65. The first kappa shape index (κ1) is 12.6. The Hall–Kier alpha value is -1.51. The molecule has 0 aliphatic rings. The van der Waals surface area contributed by atoms with Gasteiger partial charge in [0.1, 0.15) is 5.75 Å². The lowest BCUT2D eigenvalue weighted by molar-refractivity contribution is -0.146. The van der Waals surface area contributed by atoms with Gasteiger partial charge < -0.3 is 9.47 Å². The van der Waals surface area contributed by atoms with E-state index in [0.717, 1.165) is 23.3 Å². The zero-order valence-electron chi connectivity index (χ0n) is 10.1. The summed E-state index contributed by atoms with van der Waals surface area (Å²) in [4.78, 5) is 11.2. The number of benzene rings is 1. The summed E-state index contributed by atoms with van der Waals surface area (Å²) in [5.74, 6) is 0.427. The highest BCUT2D eigenvalue weighted by Crippen LogP contribution is 2.20. The molecule has 0 spiro atoms. The van der Waals surface area contributed by atoms with Crippen LogP contribution in [-0.2, 0) is 9.53 Å². The van der Waals surface area contributed by atoms with Crippen LogP contribution in [-0.4, -0.2) is 19.2 Å². The van der Waals surface area contributed by atoms with E-state index in [9.17, 15) is 4.79 Å². The highest BCUT2D eigenvalue weighted by molar-refractivity contribution is 5.71. The van der Waals surface area contributed by atoms with Gasteiger partial charge in [0.05, 0.1) is 6.61 Å². The first-order valence-electron chi connectivity index (χ1n) is 5.49. The molecule has 0 unspecified atom stereocenters. The highest BCUT2D eigenvalue weighted by Gasteiger charge is 2.06. The number of aryl methyl sites for hydroxylation is 1. The maximum absolute atomic E-state index is 11.2. The van der Waals surface area contributed by atoms with E-state index < -0.39 is 0 Å². The topological polar surface area (TPSA) is 35.5 Å². The fourth-order valence-electron chi connectivity index (χ4n) is 1.27. The molecule has 88 valence electrons. The maximum atomic E-state index is 11.2. The van der Waals surface area contributed by atoms with Gasteiger partial charge in [-0.1, -0.05) is 19.1 Å². The Labute approximate surface area is 96.4 Å². The van der Waals surface area contributed by atoms with E-state index in [4.69, 9.17) is 9.47 Å². The fourth-order valence-corrected chi connectivity index (χ4v) is 1.27. The molecule has 1 aromatic carbocycles. The Balaban J connectivity index is 2.48. The molecule has 0 aromatic heterocycles. The van der Waals surface area contributed by atoms with Crippen LogP contribution in [0.3, 0.4) is 0 Å². The summed E-state index contributed by atoms with van der Waals surface area (Å²) in [6, 6.07) is 5.78. The summed E-state index contributed by atoms with van der Waals surface area (Å²) in [7, 11) is 0. The Morgan fingerprint density at radius 1 is 1.31 bits per heavy atom. The zero-order valence-corrected chi connectivity index (χ0v) is 10.1. The zero-order chi connectivity index (χ0) is 12.0. The molecule has 0 aliphatic carbocycles. The third kappa shape index (κ3) is 3.57. The number of ether oxygens (including phenoxy) is 2. The van der Waals surface area contributed by atoms with Crippen LogP contribution in [0.15, 0.2) is 18.2 Å². The standard InChI is InChI=1S/C13H18O3/c1-4-8-15-13(14)9-16-12-7-5-6-10(2)11(12)3/h5-7H,4,8-9H2,1-3H3. The molecule has 0 saturated carbocycles. The quantitative estimate of drug-likeness (QED) is 0.718. The van der Waals surface area contributed by atoms with E-state index in [0.29, 0.717) is 6.61 Å². The lowest BCUT2D eigenvalue weighted by Crippen LogP contribution is -2.15. The van der Waals surface area contributed by atoms with Gasteiger partial charge in [-0.3, -0.25) is 0 Å². The van der Waals surface area contributed by atoms with Crippen molar-refractivity contribution < 1.29 is 14.3 Å². The van der Waals surface area contributed by atoms with Gasteiger partial charge in [0.15, 0.2) is 6.61 Å². The molecule has 16 heavy (non-hydrogen) atoms. The van der Waals surface area contributed by atoms with Crippen LogP contribution in [0, 0.1) is 13.8 Å². The van der Waals surface area contributed by atoms with Crippen LogP contribution in [0.25, 0.3) is 0 Å². The van der Waals surface area contributed by atoms with Crippen molar-refractivity contribution in [1.82, 2.24) is 0 Å². The number of esters is 1. The van der Waals surface area contributed by atoms with Gasteiger partial charge in [-0.15, -0.1) is 0 Å². The predicted octanol–water partition coefficient (Wildman–Crippen LogP) is 2.64. The number of carbonyl (C=O) groups is 1. The fraction of sp³-hybridized carbons (Fsp3) is 0.462. The summed E-state index contributed by atoms with van der Waals surface area (Å²) in [6.07, 6.45) is 0.829. The van der Waals surface area contributed by atoms with E-state index in [1.165, 1.54) is 0 Å². The van der Waals surface area contributed by atoms with Gasteiger partial charge in [-0.25, -0.2) is 4.79 Å². The Morgan fingerprint density at radius 3 is 2.75 bits per heavy atom. The predicted molar refractivity (Wildman–Crippen MR) is 62.7 cm³/mol. The lowest BCUT2D eigenvalue weighted by Gasteiger charge is -2.10. The maximum Gasteiger partial charge on any atom is 0.344 e. The molecule has 1 aromatic rings. The van der Waals surface area contributed by atoms with E-state index in [1.807, 2.05) is 39.0 Å². The van der Waals surface area contributed by atoms with Crippen LogP contribution >= 0.6 is 0 Å². The molecule has 0 N–H and O–H groups in total. The Bertz CT molecular complexity index is 358. The number of hydrogen-bond acceptors (Lipinski definition) is 3. The van der Waals surface area contributed by atoms with Crippen molar-refractivity contribution in [2.75, 3.05) is 13.2 Å². The van der Waals surface area contributed by atoms with Crippen molar-refractivity contribution >= 4 is 5.97 Å². The molecule has 0 aliphatic heterocycles. The van der Waals surface area contributed by atoms with Gasteiger partial charge in [0.25, 0.3) is 0 Å². The molecule has 0 amide bonds. The summed E-state index contributed by atoms with van der Waals surface area (Å²) < 4.78 is 10.3. The Morgan fingerprint density at radius 2 is 2.06 bits per heavy atom. The third-order valence-electron chi connectivity index (χ3n) is 2.37. The molecule has 3 nitrogen and oxygen atoms in total. The summed E-state index contributed by atoms with van der Waals surface area (Å²) in [6.45, 7) is 6.37. The van der Waals surface area contributed by atoms with Crippen LogP contribution < -0.4 is 4.74 Å². The normalized spacial score (nSPS) is 9.94. The molecule has 0 saturated heterocycles. The minimum Gasteiger partial charge on any atom is -0.482 e. The van der Waals surface area contributed by atoms with Gasteiger partial charge in [-0.2, -0.15) is 0 Å². The van der Waals surface area contributed by atoms with Gasteiger partial charge in [-0.05, 0) is 37.5 Å². The Kier molecular flexibility index (Phi) is 4.83. The van der Waals surface area contributed by atoms with E-state index in [-0.39, 0.29) is 12.6 Å². The number of hydrogen-bond donors (Lipinski definition) is 0. The minimum absolute atomic E-state index is 0.0235. The molecule has 0 radical (unpaired) electrons. The molecular formula is C13H18O3. The molecule has 0 atom stereocenters. The van der Waals surface area contributed by atoms with Crippen LogP contribution in [0.2, 0.25) is 0 Å². The smallest absolute Gasteiger partial charge is 0.344 e. The second kappa shape index (κ2) is 6.16. The first-order valence-corrected chi connectivity index (χ1v) is 5.49. The monoisotopic (exact) mass is 222 g/mol. The molecule has 0 bridgehead atoms. The van der Waals surface area contributed by atoms with Crippen molar-refractivity contribution in [1.29, 1.82) is 0 Å². The molecule has 3 heteroatoms. The summed E-state index contributed by atoms with van der Waals surface area (Å²) >= 11 is 0. The average molecular weight is 222 g/mol. The van der Waals surface area contributed by atoms with Crippen LogP contribution in [0.1, 0.15) is 24.5 Å². The van der Waals surface area contributed by atoms with Gasteiger partial charge in [0, 0.05) is 0 Å². The van der Waals surface area contributed by atoms with E-state index in [2.05, 4.69) is 0 Å². The van der Waals surface area contributed by atoms with E-state index >= 15 is 0 Å². The van der Waals surface area contributed by atoms with Crippen molar-refractivity contribution in [2.24, 2.45) is 0 Å².